The third kappa shape index (κ3) is 3.51. The lowest BCUT2D eigenvalue weighted by molar-refractivity contribution is -0.136. The van der Waals surface area contributed by atoms with E-state index in [0.717, 1.165) is 32.7 Å². The van der Waals surface area contributed by atoms with Crippen LogP contribution in [0.15, 0.2) is 0 Å². The molecule has 0 radical (unpaired) electrons. The van der Waals surface area contributed by atoms with E-state index in [1.165, 1.54) is 12.8 Å². The van der Waals surface area contributed by atoms with E-state index in [1.807, 2.05) is 14.1 Å². The highest BCUT2D eigenvalue weighted by atomic mass is 16.2. The van der Waals surface area contributed by atoms with Gasteiger partial charge in [0, 0.05) is 45.8 Å². The second kappa shape index (κ2) is 6.87. The molecule has 20 heavy (non-hydrogen) atoms. The first-order chi connectivity index (χ1) is 9.50. The molecule has 2 aliphatic rings. The van der Waals surface area contributed by atoms with Gasteiger partial charge in [0.05, 0.1) is 0 Å². The van der Waals surface area contributed by atoms with Crippen LogP contribution in [0.5, 0.6) is 0 Å². The standard InChI is InChI=1S/C15H30N4O/c1-12(2)18-8-5-13(6-9-18)19-10-7-16-11-14(19)15(20)17(3)4/h12-14,16H,5-11H2,1-4H3. The summed E-state index contributed by atoms with van der Waals surface area (Å²) in [6.45, 7) is 9.65. The summed E-state index contributed by atoms with van der Waals surface area (Å²) in [6, 6.07) is 1.23. The van der Waals surface area contributed by atoms with Crippen molar-refractivity contribution < 1.29 is 4.79 Å². The van der Waals surface area contributed by atoms with Gasteiger partial charge in [0.1, 0.15) is 6.04 Å². The zero-order chi connectivity index (χ0) is 14.7. The van der Waals surface area contributed by atoms with Gasteiger partial charge in [-0.05, 0) is 39.8 Å². The summed E-state index contributed by atoms with van der Waals surface area (Å²) in [7, 11) is 3.72. The quantitative estimate of drug-likeness (QED) is 0.804. The van der Waals surface area contributed by atoms with Gasteiger partial charge < -0.3 is 15.1 Å². The summed E-state index contributed by atoms with van der Waals surface area (Å²) in [5, 5.41) is 3.37. The number of likely N-dealkylation sites (tertiary alicyclic amines) is 1. The van der Waals surface area contributed by atoms with Gasteiger partial charge in [0.15, 0.2) is 0 Å². The fourth-order valence-electron chi connectivity index (χ4n) is 3.42. The molecule has 0 aliphatic carbocycles. The Morgan fingerprint density at radius 2 is 1.85 bits per heavy atom. The number of rotatable bonds is 3. The molecule has 116 valence electrons. The van der Waals surface area contributed by atoms with Crippen LogP contribution in [0.1, 0.15) is 26.7 Å². The van der Waals surface area contributed by atoms with Crippen molar-refractivity contribution in [1.82, 2.24) is 20.0 Å². The van der Waals surface area contributed by atoms with Crippen molar-refractivity contribution in [2.75, 3.05) is 46.8 Å². The van der Waals surface area contributed by atoms with Crippen molar-refractivity contribution in [3.63, 3.8) is 0 Å². The highest BCUT2D eigenvalue weighted by molar-refractivity contribution is 5.81. The number of nitrogens with one attached hydrogen (secondary N) is 1. The van der Waals surface area contributed by atoms with Gasteiger partial charge in [0.2, 0.25) is 5.91 Å². The predicted octanol–water partition coefficient (Wildman–Crippen LogP) is 0.221. The number of piperidine rings is 1. The average molecular weight is 282 g/mol. The highest BCUT2D eigenvalue weighted by Crippen LogP contribution is 2.21. The second-order valence-corrected chi connectivity index (χ2v) is 6.55. The Hall–Kier alpha value is -0.650. The van der Waals surface area contributed by atoms with Crippen LogP contribution in [0.4, 0.5) is 0 Å². The Morgan fingerprint density at radius 1 is 1.20 bits per heavy atom. The van der Waals surface area contributed by atoms with Crippen LogP contribution >= 0.6 is 0 Å². The molecule has 0 spiro atoms. The summed E-state index contributed by atoms with van der Waals surface area (Å²) < 4.78 is 0. The minimum Gasteiger partial charge on any atom is -0.347 e. The van der Waals surface area contributed by atoms with Gasteiger partial charge in [-0.25, -0.2) is 0 Å². The molecule has 5 nitrogen and oxygen atoms in total. The first-order valence-corrected chi connectivity index (χ1v) is 7.92. The Bertz CT molecular complexity index is 324. The first-order valence-electron chi connectivity index (χ1n) is 7.92. The number of likely N-dealkylation sites (N-methyl/N-ethyl adjacent to an activating group) is 1. The number of hydrogen-bond donors (Lipinski definition) is 1. The molecule has 0 aromatic carbocycles. The normalized spacial score (nSPS) is 26.9. The van der Waals surface area contributed by atoms with Crippen LogP contribution < -0.4 is 5.32 Å². The Labute approximate surface area is 123 Å². The van der Waals surface area contributed by atoms with Gasteiger partial charge in [-0.2, -0.15) is 0 Å². The minimum absolute atomic E-state index is 0.0225. The summed E-state index contributed by atoms with van der Waals surface area (Å²) >= 11 is 0. The van der Waals surface area contributed by atoms with Crippen LogP contribution in [0.2, 0.25) is 0 Å². The maximum atomic E-state index is 12.4. The van der Waals surface area contributed by atoms with Crippen molar-refractivity contribution in [2.24, 2.45) is 0 Å². The molecule has 2 rings (SSSR count). The molecule has 0 bridgehead atoms. The third-order valence-electron chi connectivity index (χ3n) is 4.71. The molecular formula is C15H30N4O. The third-order valence-corrected chi connectivity index (χ3v) is 4.71. The Kier molecular flexibility index (Phi) is 5.41. The van der Waals surface area contributed by atoms with Crippen LogP contribution in [0.25, 0.3) is 0 Å². The number of hydrogen-bond acceptors (Lipinski definition) is 4. The number of nitrogens with zero attached hydrogens (tertiary/aromatic N) is 3. The molecule has 0 aromatic rings. The second-order valence-electron chi connectivity index (χ2n) is 6.55. The molecule has 2 saturated heterocycles. The van der Waals surface area contributed by atoms with Gasteiger partial charge in [-0.15, -0.1) is 0 Å². The summed E-state index contributed by atoms with van der Waals surface area (Å²) in [5.74, 6) is 0.239. The van der Waals surface area contributed by atoms with Gasteiger partial charge in [0.25, 0.3) is 0 Å². The van der Waals surface area contributed by atoms with Crippen molar-refractivity contribution in [2.45, 2.75) is 44.8 Å². The Balaban J connectivity index is 1.97. The zero-order valence-electron chi connectivity index (χ0n) is 13.4. The Morgan fingerprint density at radius 3 is 2.40 bits per heavy atom. The monoisotopic (exact) mass is 282 g/mol. The van der Waals surface area contributed by atoms with E-state index in [-0.39, 0.29) is 11.9 Å². The predicted molar refractivity (Wildman–Crippen MR) is 81.8 cm³/mol. The number of carbonyl (C=O) groups excluding carboxylic acids is 1. The molecule has 0 saturated carbocycles. The minimum atomic E-state index is 0.0225. The molecule has 2 heterocycles. The molecule has 1 unspecified atom stereocenters. The van der Waals surface area contributed by atoms with Crippen LogP contribution in [-0.2, 0) is 4.79 Å². The summed E-state index contributed by atoms with van der Waals surface area (Å²) in [5.41, 5.74) is 0. The van der Waals surface area contributed by atoms with Crippen LogP contribution in [0, 0.1) is 0 Å². The maximum absolute atomic E-state index is 12.4. The largest absolute Gasteiger partial charge is 0.347 e. The molecule has 2 aliphatic heterocycles. The van der Waals surface area contributed by atoms with E-state index in [1.54, 1.807) is 4.90 Å². The molecule has 1 amide bonds. The summed E-state index contributed by atoms with van der Waals surface area (Å²) in [4.78, 5) is 19.1. The van der Waals surface area contributed by atoms with Crippen molar-refractivity contribution >= 4 is 5.91 Å². The van der Waals surface area contributed by atoms with Crippen molar-refractivity contribution in [3.8, 4) is 0 Å². The van der Waals surface area contributed by atoms with Crippen LogP contribution in [0.3, 0.4) is 0 Å². The molecule has 1 N–H and O–H groups in total. The smallest absolute Gasteiger partial charge is 0.240 e. The SMILES string of the molecule is CC(C)N1CCC(N2CCNCC2C(=O)N(C)C)CC1. The van der Waals surface area contributed by atoms with E-state index < -0.39 is 0 Å². The van der Waals surface area contributed by atoms with Gasteiger partial charge in [-0.3, -0.25) is 9.69 Å². The number of piperazine rings is 1. The van der Waals surface area contributed by atoms with Crippen molar-refractivity contribution in [1.29, 1.82) is 0 Å². The van der Waals surface area contributed by atoms with E-state index in [0.29, 0.717) is 12.1 Å². The molecule has 5 heteroatoms. The molecular weight excluding hydrogens is 252 g/mol. The fourth-order valence-corrected chi connectivity index (χ4v) is 3.42. The number of carbonyl (C=O) groups is 1. The molecule has 2 fully saturated rings. The molecule has 0 aromatic heterocycles. The first kappa shape index (κ1) is 15.7. The van der Waals surface area contributed by atoms with Gasteiger partial charge >= 0.3 is 0 Å². The highest BCUT2D eigenvalue weighted by Gasteiger charge is 2.35. The average Bonchev–Trinajstić information content (AvgIpc) is 2.46. The lowest BCUT2D eigenvalue weighted by atomic mass is 9.98. The lowest BCUT2D eigenvalue weighted by Gasteiger charge is -2.45. The van der Waals surface area contributed by atoms with Crippen LogP contribution in [-0.4, -0.2) is 85.6 Å². The maximum Gasteiger partial charge on any atom is 0.240 e. The lowest BCUT2D eigenvalue weighted by Crippen LogP contribution is -2.62. The summed E-state index contributed by atoms with van der Waals surface area (Å²) in [6.07, 6.45) is 2.38. The van der Waals surface area contributed by atoms with E-state index in [2.05, 4.69) is 29.0 Å². The zero-order valence-corrected chi connectivity index (χ0v) is 13.4. The fraction of sp³-hybridized carbons (Fsp3) is 0.933. The van der Waals surface area contributed by atoms with E-state index in [9.17, 15) is 4.79 Å². The van der Waals surface area contributed by atoms with E-state index in [4.69, 9.17) is 0 Å². The van der Waals surface area contributed by atoms with Gasteiger partial charge in [-0.1, -0.05) is 0 Å². The molecule has 1 atom stereocenters. The number of amides is 1. The topological polar surface area (TPSA) is 38.8 Å². The van der Waals surface area contributed by atoms with E-state index >= 15 is 0 Å². The van der Waals surface area contributed by atoms with Crippen molar-refractivity contribution in [3.05, 3.63) is 0 Å².